The lowest BCUT2D eigenvalue weighted by molar-refractivity contribution is 0.102. The van der Waals surface area contributed by atoms with Gasteiger partial charge in [0.25, 0.3) is 0 Å². The first kappa shape index (κ1) is 11.9. The fraction of sp³-hybridized carbons (Fsp3) is 0.400. The highest BCUT2D eigenvalue weighted by Crippen LogP contribution is 2.33. The number of aliphatic hydroxyl groups is 1. The molecule has 90 valence electrons. The fourth-order valence-corrected chi connectivity index (χ4v) is 2.67. The number of carbonyl (C=O) groups excluding carboxylic acids is 1. The second-order valence-electron chi connectivity index (χ2n) is 4.84. The lowest BCUT2D eigenvalue weighted by Crippen LogP contribution is -2.19. The Morgan fingerprint density at radius 2 is 1.53 bits per heavy atom. The van der Waals surface area contributed by atoms with E-state index in [1.54, 1.807) is 0 Å². The number of carbonyl (C=O) groups is 1. The molecule has 1 N–H and O–H groups in total. The van der Waals surface area contributed by atoms with Gasteiger partial charge in [-0.05, 0) is 68.4 Å². The first-order chi connectivity index (χ1) is 7.99. The predicted molar refractivity (Wildman–Crippen MR) is 68.8 cm³/mol. The van der Waals surface area contributed by atoms with E-state index < -0.39 is 0 Å². The van der Waals surface area contributed by atoms with Crippen molar-refractivity contribution in [2.75, 3.05) is 0 Å². The molecular formula is C15H18O2. The van der Waals surface area contributed by atoms with Gasteiger partial charge in [0.1, 0.15) is 0 Å². The maximum absolute atomic E-state index is 12.3. The number of ketones is 1. The summed E-state index contributed by atoms with van der Waals surface area (Å²) in [5.41, 5.74) is 7.28. The molecule has 2 heteroatoms. The molecule has 1 aromatic carbocycles. The van der Waals surface area contributed by atoms with Crippen molar-refractivity contribution in [1.82, 2.24) is 0 Å². The molecular weight excluding hydrogens is 212 g/mol. The van der Waals surface area contributed by atoms with Crippen LogP contribution in [0.4, 0.5) is 0 Å². The van der Waals surface area contributed by atoms with E-state index in [1.807, 2.05) is 6.92 Å². The lowest BCUT2D eigenvalue weighted by Gasteiger charge is -2.24. The van der Waals surface area contributed by atoms with Gasteiger partial charge in [0.15, 0.2) is 5.78 Å². The number of allylic oxidation sites excluding steroid dienone is 1. The summed E-state index contributed by atoms with van der Waals surface area (Å²) >= 11 is 0. The van der Waals surface area contributed by atoms with Gasteiger partial charge in [-0.15, -0.1) is 0 Å². The van der Waals surface area contributed by atoms with E-state index in [0.29, 0.717) is 12.0 Å². The van der Waals surface area contributed by atoms with Crippen molar-refractivity contribution in [2.45, 2.75) is 40.5 Å². The van der Waals surface area contributed by atoms with Crippen LogP contribution < -0.4 is 0 Å². The molecule has 2 nitrogen and oxygen atoms in total. The first-order valence-electron chi connectivity index (χ1n) is 5.96. The summed E-state index contributed by atoms with van der Waals surface area (Å²) in [5, 5.41) is 9.09. The molecule has 0 heterocycles. The summed E-state index contributed by atoms with van der Waals surface area (Å²) in [6, 6.07) is 0. The summed E-state index contributed by atoms with van der Waals surface area (Å²) in [5.74, 6) is -0.00236. The normalized spacial score (nSPS) is 17.4. The van der Waals surface area contributed by atoms with E-state index in [0.717, 1.165) is 23.8 Å². The Hall–Kier alpha value is -1.57. The SMILES string of the molecule is Cc1c(C)c(C)c2c(c1C)CCC(=CO)C2=O. The lowest BCUT2D eigenvalue weighted by atomic mass is 9.79. The molecule has 1 aliphatic rings. The minimum Gasteiger partial charge on any atom is -0.515 e. The zero-order valence-corrected chi connectivity index (χ0v) is 10.8. The highest BCUT2D eigenvalue weighted by Gasteiger charge is 2.27. The molecule has 0 aliphatic heterocycles. The number of Topliss-reactive ketones (excluding diaryl/α,β-unsaturated/α-hetero) is 1. The molecule has 0 saturated carbocycles. The van der Waals surface area contributed by atoms with Crippen molar-refractivity contribution >= 4 is 5.78 Å². The molecule has 0 spiro atoms. The third kappa shape index (κ3) is 1.59. The third-order valence-corrected chi connectivity index (χ3v) is 4.14. The van der Waals surface area contributed by atoms with Crippen LogP contribution in [0.2, 0.25) is 0 Å². The van der Waals surface area contributed by atoms with E-state index in [9.17, 15) is 4.79 Å². The van der Waals surface area contributed by atoms with Gasteiger partial charge in [0.05, 0.1) is 6.26 Å². The van der Waals surface area contributed by atoms with Crippen molar-refractivity contribution in [2.24, 2.45) is 0 Å². The van der Waals surface area contributed by atoms with Gasteiger partial charge in [0.2, 0.25) is 0 Å². The Morgan fingerprint density at radius 3 is 2.12 bits per heavy atom. The zero-order chi connectivity index (χ0) is 12.7. The van der Waals surface area contributed by atoms with Gasteiger partial charge >= 0.3 is 0 Å². The average Bonchev–Trinajstić information content (AvgIpc) is 2.33. The standard InChI is InChI=1S/C15H18O2/c1-8-9(2)11(4)14-13(10(8)3)6-5-12(7-16)15(14)17/h7,16H,5-6H2,1-4H3. The molecule has 17 heavy (non-hydrogen) atoms. The van der Waals surface area contributed by atoms with Crippen LogP contribution in [0, 0.1) is 27.7 Å². The van der Waals surface area contributed by atoms with Crippen LogP contribution in [0.3, 0.4) is 0 Å². The number of benzene rings is 1. The maximum atomic E-state index is 12.3. The van der Waals surface area contributed by atoms with Crippen LogP contribution in [-0.4, -0.2) is 10.9 Å². The van der Waals surface area contributed by atoms with Crippen molar-refractivity contribution in [3.05, 3.63) is 45.2 Å². The highest BCUT2D eigenvalue weighted by molar-refractivity contribution is 6.12. The first-order valence-corrected chi connectivity index (χ1v) is 5.96. The van der Waals surface area contributed by atoms with Crippen LogP contribution in [0.5, 0.6) is 0 Å². The van der Waals surface area contributed by atoms with Crippen molar-refractivity contribution in [1.29, 1.82) is 0 Å². The summed E-state index contributed by atoms with van der Waals surface area (Å²) in [4.78, 5) is 12.3. The van der Waals surface area contributed by atoms with Gasteiger partial charge in [-0.3, -0.25) is 4.79 Å². The fourth-order valence-electron chi connectivity index (χ4n) is 2.67. The minimum absolute atomic E-state index is 0.00236. The summed E-state index contributed by atoms with van der Waals surface area (Å²) in [7, 11) is 0. The van der Waals surface area contributed by atoms with E-state index in [2.05, 4.69) is 20.8 Å². The molecule has 0 saturated heterocycles. The van der Waals surface area contributed by atoms with Gasteiger partial charge < -0.3 is 5.11 Å². The summed E-state index contributed by atoms with van der Waals surface area (Å²) in [6.07, 6.45) is 2.46. The molecule has 1 aromatic rings. The van der Waals surface area contributed by atoms with E-state index in [-0.39, 0.29) is 5.78 Å². The molecule has 0 bridgehead atoms. The van der Waals surface area contributed by atoms with Crippen molar-refractivity contribution < 1.29 is 9.90 Å². The maximum Gasteiger partial charge on any atom is 0.192 e. The molecule has 0 amide bonds. The number of aliphatic hydroxyl groups excluding tert-OH is 1. The number of hydrogen-bond acceptors (Lipinski definition) is 2. The van der Waals surface area contributed by atoms with E-state index in [1.165, 1.54) is 22.3 Å². The van der Waals surface area contributed by atoms with E-state index in [4.69, 9.17) is 5.11 Å². The molecule has 0 fully saturated rings. The third-order valence-electron chi connectivity index (χ3n) is 4.14. The molecule has 0 unspecified atom stereocenters. The van der Waals surface area contributed by atoms with Gasteiger partial charge in [-0.1, -0.05) is 0 Å². The van der Waals surface area contributed by atoms with Crippen LogP contribution >= 0.6 is 0 Å². The van der Waals surface area contributed by atoms with Gasteiger partial charge in [0, 0.05) is 11.1 Å². The quantitative estimate of drug-likeness (QED) is 0.547. The molecule has 1 aliphatic carbocycles. The average molecular weight is 230 g/mol. The Morgan fingerprint density at radius 1 is 0.941 bits per heavy atom. The Kier molecular flexibility index (Phi) is 2.82. The number of rotatable bonds is 0. The smallest absolute Gasteiger partial charge is 0.192 e. The summed E-state index contributed by atoms with van der Waals surface area (Å²) < 4.78 is 0. The van der Waals surface area contributed by atoms with Crippen molar-refractivity contribution in [3.8, 4) is 0 Å². The van der Waals surface area contributed by atoms with Crippen LogP contribution in [-0.2, 0) is 6.42 Å². The second-order valence-corrected chi connectivity index (χ2v) is 4.84. The molecule has 0 aromatic heterocycles. The monoisotopic (exact) mass is 230 g/mol. The largest absolute Gasteiger partial charge is 0.515 e. The Balaban J connectivity index is 2.78. The topological polar surface area (TPSA) is 37.3 Å². The molecule has 2 rings (SSSR count). The highest BCUT2D eigenvalue weighted by atomic mass is 16.2. The molecule has 0 atom stereocenters. The van der Waals surface area contributed by atoms with Crippen LogP contribution in [0.1, 0.15) is 44.6 Å². The zero-order valence-electron chi connectivity index (χ0n) is 10.8. The number of fused-ring (bicyclic) bond motifs is 1. The Bertz CT molecular complexity index is 537. The summed E-state index contributed by atoms with van der Waals surface area (Å²) in [6.45, 7) is 8.25. The Labute approximate surface area is 102 Å². The molecule has 0 radical (unpaired) electrons. The van der Waals surface area contributed by atoms with Gasteiger partial charge in [-0.25, -0.2) is 0 Å². The van der Waals surface area contributed by atoms with Crippen LogP contribution in [0.15, 0.2) is 11.8 Å². The minimum atomic E-state index is -0.00236. The van der Waals surface area contributed by atoms with E-state index >= 15 is 0 Å². The van der Waals surface area contributed by atoms with Crippen molar-refractivity contribution in [3.63, 3.8) is 0 Å². The van der Waals surface area contributed by atoms with Crippen LogP contribution in [0.25, 0.3) is 0 Å². The number of hydrogen-bond donors (Lipinski definition) is 1. The van der Waals surface area contributed by atoms with Gasteiger partial charge in [-0.2, -0.15) is 0 Å². The second kappa shape index (κ2) is 4.02. The predicted octanol–water partition coefficient (Wildman–Crippen LogP) is 3.49.